The molecule has 0 aromatic heterocycles. The molecule has 0 radical (unpaired) electrons. The zero-order chi connectivity index (χ0) is 15.3. The van der Waals surface area contributed by atoms with Gasteiger partial charge in [0.1, 0.15) is 4.87 Å². The van der Waals surface area contributed by atoms with E-state index in [2.05, 4.69) is 5.16 Å². The number of benzene rings is 1. The second-order valence-electron chi connectivity index (χ2n) is 4.86. The number of carboxylic acid groups (broad SMARTS) is 1. The van der Waals surface area contributed by atoms with Crippen molar-refractivity contribution < 1.29 is 15.1 Å². The van der Waals surface area contributed by atoms with Crippen LogP contribution in [-0.4, -0.2) is 26.9 Å². The summed E-state index contributed by atoms with van der Waals surface area (Å²) in [5.41, 5.74) is 1.36. The van der Waals surface area contributed by atoms with Gasteiger partial charge in [0.05, 0.1) is 12.1 Å². The summed E-state index contributed by atoms with van der Waals surface area (Å²) in [4.78, 5) is 9.57. The molecule has 1 aliphatic carbocycles. The highest BCUT2D eigenvalue weighted by Gasteiger charge is 2.31. The minimum atomic E-state index is -1.06. The van der Waals surface area contributed by atoms with Gasteiger partial charge in [-0.2, -0.15) is 0 Å². The lowest BCUT2D eigenvalue weighted by Crippen LogP contribution is -2.30. The summed E-state index contributed by atoms with van der Waals surface area (Å²) in [5, 5.41) is 21.0. The molecule has 0 heterocycles. The summed E-state index contributed by atoms with van der Waals surface area (Å²) in [6, 6.07) is 9.92. The first-order chi connectivity index (χ1) is 10.0. The van der Waals surface area contributed by atoms with Crippen LogP contribution in [0.2, 0.25) is 0 Å². The van der Waals surface area contributed by atoms with Gasteiger partial charge in [0, 0.05) is 12.3 Å². The highest BCUT2D eigenvalue weighted by atomic mass is 35.5. The number of alkyl halides is 1. The average molecular weight is 306 g/mol. The fraction of sp³-hybridized carbons (Fsp3) is 0.250. The Morgan fingerprint density at radius 1 is 1.19 bits per heavy atom. The van der Waals surface area contributed by atoms with Crippen molar-refractivity contribution in [2.24, 2.45) is 5.16 Å². The van der Waals surface area contributed by atoms with Crippen LogP contribution in [0.4, 0.5) is 0 Å². The third kappa shape index (κ3) is 3.73. The summed E-state index contributed by atoms with van der Waals surface area (Å²) in [6.07, 6.45) is 7.30. The first kappa shape index (κ1) is 15.3. The largest absolute Gasteiger partial charge is 0.481 e. The number of allylic oxidation sites excluding steroid dienone is 4. The maximum absolute atomic E-state index is 10.6. The predicted octanol–water partition coefficient (Wildman–Crippen LogP) is 3.57. The van der Waals surface area contributed by atoms with Gasteiger partial charge in [0.25, 0.3) is 0 Å². The van der Waals surface area contributed by atoms with E-state index in [1.807, 2.05) is 42.5 Å². The Kier molecular flexibility index (Phi) is 4.81. The molecule has 0 spiro atoms. The molecule has 0 bridgehead atoms. The summed E-state index contributed by atoms with van der Waals surface area (Å²) in [6.45, 7) is 0. The molecule has 2 rings (SSSR count). The van der Waals surface area contributed by atoms with Crippen LogP contribution in [-0.2, 0) is 4.79 Å². The maximum atomic E-state index is 10.6. The molecule has 21 heavy (non-hydrogen) atoms. The third-order valence-electron chi connectivity index (χ3n) is 3.42. The lowest BCUT2D eigenvalue weighted by molar-refractivity contribution is -0.136. The summed E-state index contributed by atoms with van der Waals surface area (Å²) < 4.78 is 0. The molecule has 0 amide bonds. The number of carboxylic acids is 1. The Hall–Kier alpha value is -2.07. The maximum Gasteiger partial charge on any atom is 0.303 e. The van der Waals surface area contributed by atoms with Gasteiger partial charge < -0.3 is 10.3 Å². The molecule has 110 valence electrons. The molecule has 0 saturated heterocycles. The molecule has 5 heteroatoms. The monoisotopic (exact) mass is 305 g/mol. The number of nitrogens with zero attached hydrogens (tertiary/aromatic N) is 1. The van der Waals surface area contributed by atoms with Gasteiger partial charge in [-0.3, -0.25) is 4.79 Å². The molecule has 0 fully saturated rings. The Balaban J connectivity index is 2.13. The SMILES string of the molecule is O=C(O)CC/C(=N\O)C1(Cl)C=CC(c2ccccc2)C=C1. The molecule has 0 unspecified atom stereocenters. The fourth-order valence-corrected chi connectivity index (χ4v) is 2.52. The number of hydrogen-bond acceptors (Lipinski definition) is 3. The number of oxime groups is 1. The van der Waals surface area contributed by atoms with Crippen molar-refractivity contribution in [1.29, 1.82) is 0 Å². The molecule has 4 nitrogen and oxygen atoms in total. The van der Waals surface area contributed by atoms with E-state index in [9.17, 15) is 4.79 Å². The van der Waals surface area contributed by atoms with E-state index in [1.54, 1.807) is 12.2 Å². The molecule has 1 aromatic rings. The highest BCUT2D eigenvalue weighted by Crippen LogP contribution is 2.32. The highest BCUT2D eigenvalue weighted by molar-refractivity contribution is 6.39. The van der Waals surface area contributed by atoms with Gasteiger partial charge in [-0.1, -0.05) is 59.8 Å². The van der Waals surface area contributed by atoms with Gasteiger partial charge in [-0.15, -0.1) is 11.6 Å². The second kappa shape index (κ2) is 6.59. The quantitative estimate of drug-likeness (QED) is 0.287. The zero-order valence-electron chi connectivity index (χ0n) is 11.3. The van der Waals surface area contributed by atoms with Crippen LogP contribution in [0, 0.1) is 0 Å². The Morgan fingerprint density at radius 3 is 2.33 bits per heavy atom. The van der Waals surface area contributed by atoms with Crippen LogP contribution < -0.4 is 0 Å². The molecule has 0 atom stereocenters. The van der Waals surface area contributed by atoms with E-state index >= 15 is 0 Å². The first-order valence-corrected chi connectivity index (χ1v) is 6.99. The number of aliphatic carboxylic acids is 1. The standard InChI is InChI=1S/C16H16ClNO3/c17-16(14(18-21)6-7-15(19)20)10-8-13(9-11-16)12-4-2-1-3-5-12/h1-5,8-11,13,21H,6-7H2,(H,19,20)/b18-14+. The summed E-state index contributed by atoms with van der Waals surface area (Å²) >= 11 is 6.42. The second-order valence-corrected chi connectivity index (χ2v) is 5.49. The van der Waals surface area contributed by atoms with Crippen molar-refractivity contribution in [3.8, 4) is 0 Å². The van der Waals surface area contributed by atoms with Crippen molar-refractivity contribution in [2.75, 3.05) is 0 Å². The van der Waals surface area contributed by atoms with Crippen LogP contribution in [0.3, 0.4) is 0 Å². The van der Waals surface area contributed by atoms with Crippen molar-refractivity contribution in [1.82, 2.24) is 0 Å². The van der Waals surface area contributed by atoms with Crippen molar-refractivity contribution in [3.63, 3.8) is 0 Å². The van der Waals surface area contributed by atoms with E-state index in [-0.39, 0.29) is 24.5 Å². The van der Waals surface area contributed by atoms with Crippen LogP contribution in [0.1, 0.15) is 24.3 Å². The van der Waals surface area contributed by atoms with Crippen molar-refractivity contribution in [3.05, 3.63) is 60.2 Å². The van der Waals surface area contributed by atoms with Gasteiger partial charge in [0.2, 0.25) is 0 Å². The van der Waals surface area contributed by atoms with E-state index in [0.29, 0.717) is 0 Å². The third-order valence-corrected chi connectivity index (χ3v) is 3.89. The van der Waals surface area contributed by atoms with Gasteiger partial charge in [-0.05, 0) is 5.56 Å². The zero-order valence-corrected chi connectivity index (χ0v) is 12.1. The van der Waals surface area contributed by atoms with E-state index in [1.165, 1.54) is 0 Å². The summed E-state index contributed by atoms with van der Waals surface area (Å²) in [7, 11) is 0. The number of halogens is 1. The van der Waals surface area contributed by atoms with Crippen molar-refractivity contribution in [2.45, 2.75) is 23.6 Å². The molecular weight excluding hydrogens is 290 g/mol. The molecule has 1 aliphatic rings. The topological polar surface area (TPSA) is 69.9 Å². The Morgan fingerprint density at radius 2 is 1.81 bits per heavy atom. The van der Waals surface area contributed by atoms with E-state index in [0.717, 1.165) is 5.56 Å². The molecule has 0 aliphatic heterocycles. The van der Waals surface area contributed by atoms with Gasteiger partial charge >= 0.3 is 5.97 Å². The average Bonchev–Trinajstić information content (AvgIpc) is 2.49. The van der Waals surface area contributed by atoms with Crippen LogP contribution in [0.15, 0.2) is 59.8 Å². The Bertz CT molecular complexity index is 579. The molecule has 1 aromatic carbocycles. The first-order valence-electron chi connectivity index (χ1n) is 6.61. The predicted molar refractivity (Wildman–Crippen MR) is 82.1 cm³/mol. The van der Waals surface area contributed by atoms with Gasteiger partial charge in [0.15, 0.2) is 0 Å². The van der Waals surface area contributed by atoms with Crippen molar-refractivity contribution >= 4 is 23.3 Å². The van der Waals surface area contributed by atoms with E-state index in [4.69, 9.17) is 21.9 Å². The lowest BCUT2D eigenvalue weighted by atomic mass is 9.87. The number of carbonyl (C=O) groups is 1. The van der Waals surface area contributed by atoms with Crippen LogP contribution in [0.5, 0.6) is 0 Å². The lowest BCUT2D eigenvalue weighted by Gasteiger charge is -2.25. The number of hydrogen-bond donors (Lipinski definition) is 2. The minimum absolute atomic E-state index is 0.0972. The fourth-order valence-electron chi connectivity index (χ4n) is 2.24. The normalized spacial score (nSPS) is 25.0. The number of rotatable bonds is 5. The van der Waals surface area contributed by atoms with Crippen LogP contribution >= 0.6 is 11.6 Å². The van der Waals surface area contributed by atoms with Crippen LogP contribution in [0.25, 0.3) is 0 Å². The molecular formula is C16H16ClNO3. The summed E-state index contributed by atoms with van der Waals surface area (Å²) in [5.74, 6) is -0.847. The smallest absolute Gasteiger partial charge is 0.303 e. The van der Waals surface area contributed by atoms with E-state index < -0.39 is 10.8 Å². The van der Waals surface area contributed by atoms with Gasteiger partial charge in [-0.25, -0.2) is 0 Å². The molecule has 0 saturated carbocycles. The Labute approximate surface area is 128 Å². The minimum Gasteiger partial charge on any atom is -0.481 e. The molecule has 2 N–H and O–H groups in total.